The van der Waals surface area contributed by atoms with Crippen molar-refractivity contribution in [2.24, 2.45) is 0 Å². The van der Waals surface area contributed by atoms with Gasteiger partial charge in [0, 0.05) is 5.56 Å². The summed E-state index contributed by atoms with van der Waals surface area (Å²) in [6.07, 6.45) is -3.10. The van der Waals surface area contributed by atoms with Crippen molar-refractivity contribution in [3.05, 3.63) is 27.5 Å². The Bertz CT molecular complexity index is 415. The van der Waals surface area contributed by atoms with E-state index in [1.165, 1.54) is 0 Å². The lowest BCUT2D eigenvalue weighted by Crippen LogP contribution is -2.06. The number of aromatic nitrogens is 1. The molecule has 0 spiro atoms. The van der Waals surface area contributed by atoms with Gasteiger partial charge < -0.3 is 5.11 Å². The molecule has 0 saturated carbocycles. The SMILES string of the molecule is O=C(O)Cc1cc(C(F)F)nc(Br)c1CCl. The second-order valence-electron chi connectivity index (χ2n) is 2.98. The number of halogens is 4. The number of rotatable bonds is 4. The lowest BCUT2D eigenvalue weighted by molar-refractivity contribution is -0.136. The van der Waals surface area contributed by atoms with E-state index in [9.17, 15) is 13.6 Å². The van der Waals surface area contributed by atoms with E-state index in [4.69, 9.17) is 16.7 Å². The van der Waals surface area contributed by atoms with Gasteiger partial charge in [0.25, 0.3) is 6.43 Å². The third kappa shape index (κ3) is 3.12. The van der Waals surface area contributed by atoms with E-state index < -0.39 is 18.1 Å². The van der Waals surface area contributed by atoms with Crippen LogP contribution in [0, 0.1) is 0 Å². The number of pyridine rings is 1. The van der Waals surface area contributed by atoms with Crippen LogP contribution in [0.15, 0.2) is 10.7 Å². The van der Waals surface area contributed by atoms with Crippen LogP contribution >= 0.6 is 27.5 Å². The molecular formula is C9H7BrClF2NO2. The van der Waals surface area contributed by atoms with Crippen LogP contribution in [0.1, 0.15) is 23.2 Å². The van der Waals surface area contributed by atoms with E-state index in [2.05, 4.69) is 20.9 Å². The van der Waals surface area contributed by atoms with Gasteiger partial charge in [0.2, 0.25) is 0 Å². The predicted molar refractivity (Wildman–Crippen MR) is 57.8 cm³/mol. The highest BCUT2D eigenvalue weighted by atomic mass is 79.9. The summed E-state index contributed by atoms with van der Waals surface area (Å²) >= 11 is 8.60. The van der Waals surface area contributed by atoms with Crippen molar-refractivity contribution in [1.82, 2.24) is 4.98 Å². The van der Waals surface area contributed by atoms with Gasteiger partial charge in [-0.3, -0.25) is 4.79 Å². The summed E-state index contributed by atoms with van der Waals surface area (Å²) in [5, 5.41) is 8.64. The Hall–Kier alpha value is -0.750. The smallest absolute Gasteiger partial charge is 0.307 e. The Morgan fingerprint density at radius 2 is 2.25 bits per heavy atom. The normalized spacial score (nSPS) is 10.8. The Labute approximate surface area is 104 Å². The molecule has 0 aliphatic carbocycles. The van der Waals surface area contributed by atoms with Gasteiger partial charge in [-0.1, -0.05) is 0 Å². The minimum atomic E-state index is -2.74. The molecule has 0 radical (unpaired) electrons. The van der Waals surface area contributed by atoms with Crippen LogP contribution in [-0.4, -0.2) is 16.1 Å². The zero-order chi connectivity index (χ0) is 12.3. The molecule has 1 heterocycles. The molecule has 1 rings (SSSR count). The third-order valence-electron chi connectivity index (χ3n) is 1.88. The number of aliphatic carboxylic acids is 1. The fourth-order valence-corrected chi connectivity index (χ4v) is 2.24. The first-order chi connectivity index (χ1) is 7.45. The summed E-state index contributed by atoms with van der Waals surface area (Å²) in [6.45, 7) is 0. The van der Waals surface area contributed by atoms with Gasteiger partial charge in [-0.05, 0) is 27.6 Å². The molecule has 0 atom stereocenters. The average Bonchev–Trinajstić information content (AvgIpc) is 2.16. The van der Waals surface area contributed by atoms with Crippen LogP contribution < -0.4 is 0 Å². The summed E-state index contributed by atoms with van der Waals surface area (Å²) in [5.41, 5.74) is 0.213. The quantitative estimate of drug-likeness (QED) is 0.686. The maximum absolute atomic E-state index is 12.4. The molecule has 3 nitrogen and oxygen atoms in total. The molecule has 7 heteroatoms. The predicted octanol–water partition coefficient (Wildman–Crippen LogP) is 3.15. The molecular weight excluding hydrogens is 307 g/mol. The summed E-state index contributed by atoms with van der Waals surface area (Å²) in [6, 6.07) is 1.07. The number of carboxylic acid groups (broad SMARTS) is 1. The maximum Gasteiger partial charge on any atom is 0.307 e. The summed E-state index contributed by atoms with van der Waals surface area (Å²) in [5.74, 6) is -1.09. The molecule has 0 unspecified atom stereocenters. The second-order valence-corrected chi connectivity index (χ2v) is 4.00. The Kier molecular flexibility index (Phi) is 4.61. The van der Waals surface area contributed by atoms with Crippen LogP contribution in [0.25, 0.3) is 0 Å². The number of hydrogen-bond acceptors (Lipinski definition) is 2. The maximum atomic E-state index is 12.4. The first kappa shape index (κ1) is 13.3. The lowest BCUT2D eigenvalue weighted by atomic mass is 10.1. The Morgan fingerprint density at radius 3 is 2.69 bits per heavy atom. The Balaban J connectivity index is 3.24. The Morgan fingerprint density at radius 1 is 1.62 bits per heavy atom. The fourth-order valence-electron chi connectivity index (χ4n) is 1.18. The van der Waals surface area contributed by atoms with Gasteiger partial charge in [0.1, 0.15) is 10.3 Å². The number of hydrogen-bond donors (Lipinski definition) is 1. The molecule has 1 N–H and O–H groups in total. The highest BCUT2D eigenvalue weighted by Gasteiger charge is 2.17. The highest BCUT2D eigenvalue weighted by Crippen LogP contribution is 2.26. The second kappa shape index (κ2) is 5.54. The van der Waals surface area contributed by atoms with Crippen LogP contribution in [-0.2, 0) is 17.1 Å². The minimum Gasteiger partial charge on any atom is -0.481 e. The molecule has 0 bridgehead atoms. The van der Waals surface area contributed by atoms with Crippen molar-refractivity contribution < 1.29 is 18.7 Å². The minimum absolute atomic E-state index is 0.0136. The van der Waals surface area contributed by atoms with Gasteiger partial charge >= 0.3 is 5.97 Å². The zero-order valence-corrected chi connectivity index (χ0v) is 10.2. The van der Waals surface area contributed by atoms with Gasteiger partial charge in [0.05, 0.1) is 12.3 Å². The van der Waals surface area contributed by atoms with Crippen molar-refractivity contribution in [3.63, 3.8) is 0 Å². The van der Waals surface area contributed by atoms with Gasteiger partial charge in [-0.25, -0.2) is 13.8 Å². The number of carboxylic acids is 1. The van der Waals surface area contributed by atoms with E-state index in [-0.39, 0.29) is 22.5 Å². The average molecular weight is 315 g/mol. The molecule has 16 heavy (non-hydrogen) atoms. The zero-order valence-electron chi connectivity index (χ0n) is 7.88. The van der Waals surface area contributed by atoms with Crippen molar-refractivity contribution in [3.8, 4) is 0 Å². The van der Waals surface area contributed by atoms with Gasteiger partial charge in [-0.2, -0.15) is 0 Å². The molecule has 1 aromatic heterocycles. The van der Waals surface area contributed by atoms with Gasteiger partial charge in [-0.15, -0.1) is 11.6 Å². The largest absolute Gasteiger partial charge is 0.481 e. The van der Waals surface area contributed by atoms with Crippen LogP contribution in [0.4, 0.5) is 8.78 Å². The summed E-state index contributed by atoms with van der Waals surface area (Å²) < 4.78 is 25.0. The topological polar surface area (TPSA) is 50.2 Å². The van der Waals surface area contributed by atoms with E-state index in [0.717, 1.165) is 6.07 Å². The van der Waals surface area contributed by atoms with E-state index in [0.29, 0.717) is 5.56 Å². The van der Waals surface area contributed by atoms with Crippen molar-refractivity contribution >= 4 is 33.5 Å². The molecule has 0 fully saturated rings. The van der Waals surface area contributed by atoms with E-state index in [1.807, 2.05) is 0 Å². The first-order valence-corrected chi connectivity index (χ1v) is 5.52. The molecule has 0 saturated heterocycles. The van der Waals surface area contributed by atoms with Gasteiger partial charge in [0.15, 0.2) is 0 Å². The van der Waals surface area contributed by atoms with Crippen LogP contribution in [0.2, 0.25) is 0 Å². The number of alkyl halides is 3. The molecule has 0 aromatic carbocycles. The molecule has 0 amide bonds. The van der Waals surface area contributed by atoms with Crippen LogP contribution in [0.3, 0.4) is 0 Å². The molecule has 0 aliphatic heterocycles. The van der Waals surface area contributed by atoms with E-state index >= 15 is 0 Å². The summed E-state index contributed by atoms with van der Waals surface area (Å²) in [4.78, 5) is 14.2. The number of nitrogens with zero attached hydrogens (tertiary/aromatic N) is 1. The fraction of sp³-hybridized carbons (Fsp3) is 0.333. The standard InChI is InChI=1S/C9H7BrClF2NO2/c10-8-5(3-11)4(2-7(15)16)1-6(14-8)9(12)13/h1,9H,2-3H2,(H,15,16). The highest BCUT2D eigenvalue weighted by molar-refractivity contribution is 9.10. The monoisotopic (exact) mass is 313 g/mol. The third-order valence-corrected chi connectivity index (χ3v) is 2.81. The van der Waals surface area contributed by atoms with Crippen molar-refractivity contribution in [2.45, 2.75) is 18.7 Å². The van der Waals surface area contributed by atoms with E-state index in [1.54, 1.807) is 0 Å². The first-order valence-electron chi connectivity index (χ1n) is 4.19. The van der Waals surface area contributed by atoms with Crippen molar-refractivity contribution in [1.29, 1.82) is 0 Å². The van der Waals surface area contributed by atoms with Crippen LogP contribution in [0.5, 0.6) is 0 Å². The lowest BCUT2D eigenvalue weighted by Gasteiger charge is -2.09. The number of carbonyl (C=O) groups is 1. The molecule has 88 valence electrons. The summed E-state index contributed by atoms with van der Waals surface area (Å²) in [7, 11) is 0. The van der Waals surface area contributed by atoms with Crippen molar-refractivity contribution in [2.75, 3.05) is 0 Å². The molecule has 0 aliphatic rings. The molecule has 1 aromatic rings.